The van der Waals surface area contributed by atoms with Gasteiger partial charge < -0.3 is 14.6 Å². The molecule has 0 aromatic heterocycles. The molecular weight excluding hydrogens is 332 g/mol. The van der Waals surface area contributed by atoms with Gasteiger partial charge in [-0.05, 0) is 81.0 Å². The molecule has 0 unspecified atom stereocenters. The Labute approximate surface area is 156 Å². The third kappa shape index (κ3) is 3.06. The fraction of sp³-hybridized carbons (Fsp3) is 0.905. The minimum Gasteiger partial charge on any atom is -0.469 e. The molecule has 0 saturated heterocycles. The number of hydrogen-bond acceptors (Lipinski definition) is 5. The predicted molar refractivity (Wildman–Crippen MR) is 97.1 cm³/mol. The van der Waals surface area contributed by atoms with E-state index < -0.39 is 5.41 Å². The Balaban J connectivity index is 1.92. The van der Waals surface area contributed by atoms with E-state index >= 15 is 0 Å². The molecule has 0 amide bonds. The van der Waals surface area contributed by atoms with Crippen LogP contribution >= 0.6 is 0 Å². The van der Waals surface area contributed by atoms with Gasteiger partial charge >= 0.3 is 11.9 Å². The molecular formula is C21H34O5. The molecule has 0 aliphatic heterocycles. The Bertz CT molecular complexity index is 561. The smallest absolute Gasteiger partial charge is 0.311 e. The second-order valence-electron chi connectivity index (χ2n) is 9.31. The van der Waals surface area contributed by atoms with Crippen LogP contribution in [0.1, 0.15) is 65.2 Å². The molecule has 0 spiro atoms. The number of carbonyl (C=O) groups is 2. The number of fused-ring (bicyclic) bond motifs is 3. The highest BCUT2D eigenvalue weighted by Crippen LogP contribution is 2.63. The predicted octanol–water partition coefficient (Wildman–Crippen LogP) is 3.33. The van der Waals surface area contributed by atoms with Gasteiger partial charge in [-0.1, -0.05) is 6.92 Å². The van der Waals surface area contributed by atoms with E-state index in [1.165, 1.54) is 14.2 Å². The highest BCUT2D eigenvalue weighted by atomic mass is 16.5. The van der Waals surface area contributed by atoms with E-state index in [-0.39, 0.29) is 35.8 Å². The average molecular weight is 366 g/mol. The van der Waals surface area contributed by atoms with E-state index in [0.29, 0.717) is 17.8 Å². The number of aliphatic hydroxyl groups excluding tert-OH is 1. The van der Waals surface area contributed by atoms with Crippen LogP contribution in [0, 0.1) is 34.5 Å². The molecule has 148 valence electrons. The van der Waals surface area contributed by atoms with Crippen molar-refractivity contribution in [1.29, 1.82) is 0 Å². The molecule has 5 nitrogen and oxygen atoms in total. The van der Waals surface area contributed by atoms with Crippen LogP contribution in [-0.2, 0) is 19.1 Å². The Kier molecular flexibility index (Phi) is 5.40. The van der Waals surface area contributed by atoms with Crippen molar-refractivity contribution in [1.82, 2.24) is 0 Å². The van der Waals surface area contributed by atoms with E-state index in [1.54, 1.807) is 0 Å². The van der Waals surface area contributed by atoms with Crippen LogP contribution < -0.4 is 0 Å². The average Bonchev–Trinajstić information content (AvgIpc) is 2.63. The third-order valence-corrected chi connectivity index (χ3v) is 8.29. The van der Waals surface area contributed by atoms with Gasteiger partial charge in [-0.2, -0.15) is 0 Å². The lowest BCUT2D eigenvalue weighted by molar-refractivity contribution is -0.176. The Morgan fingerprint density at radius 1 is 1.04 bits per heavy atom. The first-order valence-corrected chi connectivity index (χ1v) is 10.1. The van der Waals surface area contributed by atoms with Crippen LogP contribution in [-0.4, -0.2) is 37.4 Å². The zero-order valence-electron chi connectivity index (χ0n) is 16.6. The monoisotopic (exact) mass is 366 g/mol. The molecule has 26 heavy (non-hydrogen) atoms. The number of rotatable bonds is 3. The second kappa shape index (κ2) is 7.14. The standard InChI is InChI=1S/C21H34O5/c1-20-9-7-14(22)11-13(20)5-6-15-16(20)8-10-21(2,19(24)26-4)17(15)12-18(23)25-3/h13-17,22H,5-12H2,1-4H3/t13-,14-,15+,16-,17-,20-,21-/m0/s1. The summed E-state index contributed by atoms with van der Waals surface area (Å²) in [5.41, 5.74) is -0.421. The fourth-order valence-corrected chi connectivity index (χ4v) is 6.68. The molecule has 1 N–H and O–H groups in total. The Morgan fingerprint density at radius 3 is 2.42 bits per heavy atom. The first-order valence-electron chi connectivity index (χ1n) is 10.1. The highest BCUT2D eigenvalue weighted by Gasteiger charge is 2.59. The van der Waals surface area contributed by atoms with Gasteiger partial charge in [0, 0.05) is 6.42 Å². The van der Waals surface area contributed by atoms with Crippen molar-refractivity contribution in [3.8, 4) is 0 Å². The largest absolute Gasteiger partial charge is 0.469 e. The van der Waals surface area contributed by atoms with E-state index in [1.807, 2.05) is 6.92 Å². The summed E-state index contributed by atoms with van der Waals surface area (Å²) in [5, 5.41) is 10.1. The maximum Gasteiger partial charge on any atom is 0.311 e. The third-order valence-electron chi connectivity index (χ3n) is 8.29. The molecule has 0 aromatic rings. The molecule has 0 bridgehead atoms. The van der Waals surface area contributed by atoms with Crippen molar-refractivity contribution in [3.63, 3.8) is 0 Å². The number of carbonyl (C=O) groups excluding carboxylic acids is 2. The van der Waals surface area contributed by atoms with Gasteiger partial charge in [-0.25, -0.2) is 0 Å². The lowest BCUT2D eigenvalue weighted by Crippen LogP contribution is -2.56. The van der Waals surface area contributed by atoms with Crippen LogP contribution in [0.3, 0.4) is 0 Å². The number of methoxy groups -OCH3 is 2. The molecule has 3 fully saturated rings. The lowest BCUT2D eigenvalue weighted by Gasteiger charge is -2.60. The molecule has 3 saturated carbocycles. The van der Waals surface area contributed by atoms with E-state index in [4.69, 9.17) is 9.47 Å². The minimum absolute atomic E-state index is 0.0363. The van der Waals surface area contributed by atoms with Crippen molar-refractivity contribution >= 4 is 11.9 Å². The van der Waals surface area contributed by atoms with E-state index in [9.17, 15) is 14.7 Å². The van der Waals surface area contributed by atoms with Gasteiger partial charge in [0.15, 0.2) is 0 Å². The quantitative estimate of drug-likeness (QED) is 0.776. The SMILES string of the molecule is COC(=O)C[C@H]1[C@@H]2CC[C@H]3C[C@@H](O)CC[C@]3(C)[C@H]2CC[C@]1(C)C(=O)OC. The van der Waals surface area contributed by atoms with Crippen molar-refractivity contribution in [2.24, 2.45) is 34.5 Å². The van der Waals surface area contributed by atoms with E-state index in [0.717, 1.165) is 44.9 Å². The number of esters is 2. The van der Waals surface area contributed by atoms with Crippen molar-refractivity contribution in [2.45, 2.75) is 71.3 Å². The molecule has 3 rings (SSSR count). The fourth-order valence-electron chi connectivity index (χ4n) is 6.68. The van der Waals surface area contributed by atoms with Gasteiger partial charge in [0.2, 0.25) is 0 Å². The number of ether oxygens (including phenoxy) is 2. The first kappa shape index (κ1) is 19.7. The van der Waals surface area contributed by atoms with Crippen molar-refractivity contribution < 1.29 is 24.2 Å². The summed E-state index contributed by atoms with van der Waals surface area (Å²) in [4.78, 5) is 24.8. The van der Waals surface area contributed by atoms with Crippen molar-refractivity contribution in [3.05, 3.63) is 0 Å². The van der Waals surface area contributed by atoms with Crippen LogP contribution in [0.2, 0.25) is 0 Å². The zero-order chi connectivity index (χ0) is 19.1. The Morgan fingerprint density at radius 2 is 1.77 bits per heavy atom. The summed E-state index contributed by atoms with van der Waals surface area (Å²) in [6, 6.07) is 0. The van der Waals surface area contributed by atoms with Crippen LogP contribution in [0.25, 0.3) is 0 Å². The normalized spacial score (nSPS) is 45.2. The molecule has 3 aliphatic carbocycles. The molecule has 7 atom stereocenters. The van der Waals surface area contributed by atoms with Gasteiger partial charge in [0.25, 0.3) is 0 Å². The van der Waals surface area contributed by atoms with Gasteiger partial charge in [-0.15, -0.1) is 0 Å². The van der Waals surface area contributed by atoms with Crippen molar-refractivity contribution in [2.75, 3.05) is 14.2 Å². The topological polar surface area (TPSA) is 72.8 Å². The summed E-state index contributed by atoms with van der Waals surface area (Å²) >= 11 is 0. The molecule has 0 heterocycles. The molecule has 3 aliphatic rings. The molecule has 5 heteroatoms. The highest BCUT2D eigenvalue weighted by molar-refractivity contribution is 5.78. The number of aliphatic hydroxyl groups is 1. The summed E-state index contributed by atoms with van der Waals surface area (Å²) in [5.74, 6) is 0.914. The summed E-state index contributed by atoms with van der Waals surface area (Å²) < 4.78 is 10.1. The van der Waals surface area contributed by atoms with Gasteiger partial charge in [0.05, 0.1) is 25.7 Å². The lowest BCUT2D eigenvalue weighted by atomic mass is 9.44. The zero-order valence-corrected chi connectivity index (χ0v) is 16.6. The maximum absolute atomic E-state index is 12.6. The molecule has 0 radical (unpaired) electrons. The number of hydrogen-bond donors (Lipinski definition) is 1. The summed E-state index contributed by atoms with van der Waals surface area (Å²) in [6.45, 7) is 4.36. The summed E-state index contributed by atoms with van der Waals surface area (Å²) in [7, 11) is 2.86. The maximum atomic E-state index is 12.6. The van der Waals surface area contributed by atoms with Crippen LogP contribution in [0.5, 0.6) is 0 Å². The van der Waals surface area contributed by atoms with Gasteiger partial charge in [-0.3, -0.25) is 9.59 Å². The van der Waals surface area contributed by atoms with E-state index in [2.05, 4.69) is 6.92 Å². The first-order chi connectivity index (χ1) is 12.3. The van der Waals surface area contributed by atoms with Crippen LogP contribution in [0.4, 0.5) is 0 Å². The second-order valence-corrected chi connectivity index (χ2v) is 9.31. The Hall–Kier alpha value is -1.10. The summed E-state index contributed by atoms with van der Waals surface area (Å²) in [6.07, 6.45) is 6.77. The van der Waals surface area contributed by atoms with Gasteiger partial charge in [0.1, 0.15) is 0 Å². The molecule has 0 aromatic carbocycles. The van der Waals surface area contributed by atoms with Crippen LogP contribution in [0.15, 0.2) is 0 Å². The minimum atomic E-state index is -0.624.